The lowest BCUT2D eigenvalue weighted by Crippen LogP contribution is -2.41. The van der Waals surface area contributed by atoms with Crippen LogP contribution in [0.4, 0.5) is 4.39 Å². The summed E-state index contributed by atoms with van der Waals surface area (Å²) in [6.45, 7) is 9.21. The van der Waals surface area contributed by atoms with Crippen molar-refractivity contribution in [1.29, 1.82) is 0 Å². The molecule has 0 amide bonds. The van der Waals surface area contributed by atoms with Gasteiger partial charge < -0.3 is 18.8 Å². The third-order valence-corrected chi connectivity index (χ3v) is 6.63. The second-order valence-corrected chi connectivity index (χ2v) is 9.43. The third kappa shape index (κ3) is 4.45. The maximum absolute atomic E-state index is 14.8. The summed E-state index contributed by atoms with van der Waals surface area (Å²) in [6, 6.07) is 8.75. The largest absolute Gasteiger partial charge is 0.494 e. The van der Waals surface area contributed by atoms with Crippen molar-refractivity contribution in [2.75, 3.05) is 13.2 Å². The Hall–Kier alpha value is -1.61. The van der Waals surface area contributed by atoms with E-state index in [1.54, 1.807) is 12.3 Å². The van der Waals surface area contributed by atoms with E-state index < -0.39 is 18.3 Å². The molecule has 1 aromatic heterocycles. The summed E-state index contributed by atoms with van der Waals surface area (Å²) >= 11 is 1.33. The highest BCUT2D eigenvalue weighted by atomic mass is 32.2. The van der Waals surface area contributed by atoms with E-state index in [9.17, 15) is 4.39 Å². The van der Waals surface area contributed by atoms with Crippen molar-refractivity contribution in [3.05, 3.63) is 42.3 Å². The van der Waals surface area contributed by atoms with Crippen LogP contribution in [0.3, 0.4) is 0 Å². The molecule has 1 unspecified atom stereocenters. The molecule has 4 rings (SSSR count). The molecule has 0 aliphatic carbocycles. The first-order chi connectivity index (χ1) is 13.7. The molecule has 0 bridgehead atoms. The van der Waals surface area contributed by atoms with Gasteiger partial charge in [-0.1, -0.05) is 17.8 Å². The minimum absolute atomic E-state index is 0.0266. The molecular formula is C21H25BFNO4S. The first kappa shape index (κ1) is 20.7. The first-order valence-electron chi connectivity index (χ1n) is 9.77. The van der Waals surface area contributed by atoms with Crippen LogP contribution >= 0.6 is 11.8 Å². The van der Waals surface area contributed by atoms with Crippen LogP contribution < -0.4 is 10.2 Å². The molecule has 2 aromatic rings. The van der Waals surface area contributed by atoms with Gasteiger partial charge in [0.05, 0.1) is 24.4 Å². The molecule has 5 nitrogen and oxygen atoms in total. The number of benzene rings is 1. The summed E-state index contributed by atoms with van der Waals surface area (Å²) in [7, 11) is -0.580. The number of aromatic nitrogens is 1. The lowest BCUT2D eigenvalue weighted by Gasteiger charge is -2.32. The van der Waals surface area contributed by atoms with Crippen LogP contribution in [0, 0.1) is 5.82 Å². The van der Waals surface area contributed by atoms with E-state index in [2.05, 4.69) is 4.98 Å². The first-order valence-corrected chi connectivity index (χ1v) is 10.6. The second kappa shape index (κ2) is 7.91. The molecule has 0 saturated carbocycles. The van der Waals surface area contributed by atoms with Gasteiger partial charge in [-0.05, 0) is 51.4 Å². The van der Waals surface area contributed by atoms with E-state index >= 15 is 0 Å². The van der Waals surface area contributed by atoms with Gasteiger partial charge in [0.25, 0.3) is 0 Å². The lowest BCUT2D eigenvalue weighted by atomic mass is 9.79. The fourth-order valence-corrected chi connectivity index (χ4v) is 3.98. The van der Waals surface area contributed by atoms with Gasteiger partial charge in [0.2, 0.25) is 5.88 Å². The maximum Gasteiger partial charge on any atom is 0.494 e. The van der Waals surface area contributed by atoms with Gasteiger partial charge in [-0.15, -0.1) is 0 Å². The smallest absolute Gasteiger partial charge is 0.472 e. The minimum atomic E-state index is -0.580. The highest BCUT2D eigenvalue weighted by molar-refractivity contribution is 7.99. The average molecular weight is 417 g/mol. The zero-order valence-electron chi connectivity index (χ0n) is 17.1. The molecule has 2 saturated heterocycles. The van der Waals surface area contributed by atoms with Crippen LogP contribution in [0.25, 0.3) is 0 Å². The van der Waals surface area contributed by atoms with Crippen molar-refractivity contribution >= 4 is 24.3 Å². The van der Waals surface area contributed by atoms with Crippen LogP contribution in [0.1, 0.15) is 34.1 Å². The topological polar surface area (TPSA) is 49.8 Å². The van der Waals surface area contributed by atoms with Crippen molar-refractivity contribution in [2.24, 2.45) is 0 Å². The van der Waals surface area contributed by atoms with Crippen LogP contribution in [-0.2, 0) is 14.0 Å². The molecule has 0 spiro atoms. The van der Waals surface area contributed by atoms with Crippen molar-refractivity contribution in [3.8, 4) is 5.88 Å². The van der Waals surface area contributed by atoms with Gasteiger partial charge in [-0.2, -0.15) is 0 Å². The van der Waals surface area contributed by atoms with Crippen LogP contribution in [0.2, 0.25) is 0 Å². The average Bonchev–Trinajstić information content (AvgIpc) is 3.22. The van der Waals surface area contributed by atoms with Crippen molar-refractivity contribution < 1.29 is 23.2 Å². The van der Waals surface area contributed by atoms with Gasteiger partial charge in [0.15, 0.2) is 0 Å². The zero-order valence-corrected chi connectivity index (χ0v) is 17.9. The van der Waals surface area contributed by atoms with E-state index in [4.69, 9.17) is 18.8 Å². The van der Waals surface area contributed by atoms with Crippen molar-refractivity contribution in [2.45, 2.75) is 61.2 Å². The Kier molecular flexibility index (Phi) is 5.63. The molecule has 3 heterocycles. The molecule has 2 aliphatic heterocycles. The summed E-state index contributed by atoms with van der Waals surface area (Å²) in [6.07, 6.45) is 2.55. The van der Waals surface area contributed by atoms with E-state index in [-0.39, 0.29) is 11.9 Å². The Morgan fingerprint density at radius 1 is 1.14 bits per heavy atom. The molecule has 8 heteroatoms. The molecular weight excluding hydrogens is 392 g/mol. The number of nitrogens with zero attached hydrogens (tertiary/aromatic N) is 1. The molecule has 2 fully saturated rings. The Labute approximate surface area is 175 Å². The Morgan fingerprint density at radius 2 is 1.90 bits per heavy atom. The fourth-order valence-electron chi connectivity index (χ4n) is 3.15. The predicted octanol–water partition coefficient (Wildman–Crippen LogP) is 3.84. The zero-order chi connectivity index (χ0) is 20.6. The fraction of sp³-hybridized carbons (Fsp3) is 0.476. The second-order valence-electron chi connectivity index (χ2n) is 8.31. The lowest BCUT2D eigenvalue weighted by molar-refractivity contribution is 0.00578. The van der Waals surface area contributed by atoms with Gasteiger partial charge in [-0.25, -0.2) is 9.37 Å². The van der Waals surface area contributed by atoms with Gasteiger partial charge in [-0.3, -0.25) is 0 Å². The Balaban J connectivity index is 1.46. The summed E-state index contributed by atoms with van der Waals surface area (Å²) in [5, 5.41) is 0. The van der Waals surface area contributed by atoms with Gasteiger partial charge in [0, 0.05) is 28.5 Å². The quantitative estimate of drug-likeness (QED) is 0.690. The highest BCUT2D eigenvalue weighted by Crippen LogP contribution is 2.37. The number of ether oxygens (including phenoxy) is 2. The SMILES string of the molecule is CC1(C)OB(c2ccc(Sc3ccnc(OC4CCOC4)c3)c(F)c2)OC1(C)C. The van der Waals surface area contributed by atoms with E-state index in [0.717, 1.165) is 11.3 Å². The number of pyridine rings is 1. The van der Waals surface area contributed by atoms with Crippen molar-refractivity contribution in [3.63, 3.8) is 0 Å². The summed E-state index contributed by atoms with van der Waals surface area (Å²) < 4.78 is 38.0. The number of rotatable bonds is 5. The molecule has 2 aliphatic rings. The third-order valence-electron chi connectivity index (χ3n) is 5.59. The Morgan fingerprint density at radius 3 is 2.55 bits per heavy atom. The predicted molar refractivity (Wildman–Crippen MR) is 110 cm³/mol. The molecule has 29 heavy (non-hydrogen) atoms. The number of hydrogen-bond acceptors (Lipinski definition) is 6. The van der Waals surface area contributed by atoms with Crippen LogP contribution in [0.5, 0.6) is 5.88 Å². The molecule has 1 aromatic carbocycles. The Bertz CT molecular complexity index is 873. The summed E-state index contributed by atoms with van der Waals surface area (Å²) in [4.78, 5) is 5.62. The minimum Gasteiger partial charge on any atom is -0.472 e. The normalized spacial score (nSPS) is 22.8. The summed E-state index contributed by atoms with van der Waals surface area (Å²) in [5.74, 6) is 0.213. The highest BCUT2D eigenvalue weighted by Gasteiger charge is 2.51. The van der Waals surface area contributed by atoms with E-state index in [1.807, 2.05) is 45.9 Å². The van der Waals surface area contributed by atoms with Gasteiger partial charge >= 0.3 is 7.12 Å². The number of halogens is 1. The monoisotopic (exact) mass is 417 g/mol. The molecule has 154 valence electrons. The summed E-state index contributed by atoms with van der Waals surface area (Å²) in [5.41, 5.74) is -0.246. The van der Waals surface area contributed by atoms with Crippen LogP contribution in [0.15, 0.2) is 46.3 Å². The molecule has 1 atom stereocenters. The van der Waals surface area contributed by atoms with E-state index in [1.165, 1.54) is 17.8 Å². The van der Waals surface area contributed by atoms with Crippen molar-refractivity contribution in [1.82, 2.24) is 4.98 Å². The molecule has 0 N–H and O–H groups in total. The standard InChI is InChI=1S/C21H25BFNO4S/c1-20(2)21(3,4)28-22(27-20)14-5-6-18(17(23)11-14)29-16-7-9-24-19(12-16)26-15-8-10-25-13-15/h5-7,9,11-12,15H,8,10,13H2,1-4H3. The van der Waals surface area contributed by atoms with E-state index in [0.29, 0.717) is 29.5 Å². The molecule has 0 radical (unpaired) electrons. The number of hydrogen-bond donors (Lipinski definition) is 0. The van der Waals surface area contributed by atoms with Gasteiger partial charge in [0.1, 0.15) is 11.9 Å². The maximum atomic E-state index is 14.8. The van der Waals surface area contributed by atoms with Crippen LogP contribution in [-0.4, -0.2) is 42.6 Å².